The van der Waals surface area contributed by atoms with Crippen LogP contribution in [-0.4, -0.2) is 24.9 Å². The summed E-state index contributed by atoms with van der Waals surface area (Å²) in [6, 6.07) is 8.10. The van der Waals surface area contributed by atoms with Crippen LogP contribution in [0.4, 0.5) is 5.69 Å². The van der Waals surface area contributed by atoms with Crippen LogP contribution in [0.5, 0.6) is 0 Å². The number of para-hydroxylation sites is 1. The number of fused-ring (bicyclic) bond motifs is 1. The van der Waals surface area contributed by atoms with E-state index in [2.05, 4.69) is 11.4 Å². The fraction of sp³-hybridized carbons (Fsp3) is 0.556. The maximum atomic E-state index is 12.1. The first kappa shape index (κ1) is 15.1. The van der Waals surface area contributed by atoms with Gasteiger partial charge in [-0.1, -0.05) is 31.0 Å². The molecule has 1 saturated carbocycles. The lowest BCUT2D eigenvalue weighted by atomic mass is 9.98. The molecule has 0 saturated heterocycles. The monoisotopic (exact) mass is 300 g/mol. The fourth-order valence-corrected chi connectivity index (χ4v) is 3.74. The minimum absolute atomic E-state index is 0.0879. The van der Waals surface area contributed by atoms with Crippen molar-refractivity contribution in [1.82, 2.24) is 5.32 Å². The maximum Gasteiger partial charge on any atom is 0.223 e. The zero-order valence-electron chi connectivity index (χ0n) is 13.2. The van der Waals surface area contributed by atoms with E-state index in [0.29, 0.717) is 12.5 Å². The van der Waals surface area contributed by atoms with Crippen molar-refractivity contribution in [3.8, 4) is 0 Å². The van der Waals surface area contributed by atoms with Crippen LogP contribution >= 0.6 is 0 Å². The zero-order valence-corrected chi connectivity index (χ0v) is 13.2. The molecule has 1 aliphatic heterocycles. The Labute approximate surface area is 131 Å². The molecule has 22 heavy (non-hydrogen) atoms. The first-order valence-corrected chi connectivity index (χ1v) is 8.31. The van der Waals surface area contributed by atoms with E-state index in [1.807, 2.05) is 23.1 Å². The summed E-state index contributed by atoms with van der Waals surface area (Å²) >= 11 is 0. The Kier molecular flexibility index (Phi) is 4.46. The fourth-order valence-electron chi connectivity index (χ4n) is 3.74. The van der Waals surface area contributed by atoms with E-state index in [4.69, 9.17) is 0 Å². The highest BCUT2D eigenvalue weighted by molar-refractivity contribution is 5.94. The molecular formula is C18H24N2O2. The summed E-state index contributed by atoms with van der Waals surface area (Å²) in [5.41, 5.74) is 2.26. The van der Waals surface area contributed by atoms with Gasteiger partial charge in [-0.2, -0.15) is 0 Å². The van der Waals surface area contributed by atoms with Gasteiger partial charge in [0.1, 0.15) is 0 Å². The molecule has 0 radical (unpaired) electrons. The Balaban J connectivity index is 1.57. The van der Waals surface area contributed by atoms with Gasteiger partial charge in [0.25, 0.3) is 0 Å². The van der Waals surface area contributed by atoms with E-state index in [9.17, 15) is 9.59 Å². The van der Waals surface area contributed by atoms with E-state index < -0.39 is 0 Å². The summed E-state index contributed by atoms with van der Waals surface area (Å²) in [5.74, 6) is 0.853. The molecule has 1 heterocycles. The Morgan fingerprint density at radius 2 is 1.95 bits per heavy atom. The van der Waals surface area contributed by atoms with E-state index in [0.717, 1.165) is 31.5 Å². The number of nitrogens with zero attached hydrogens (tertiary/aromatic N) is 1. The minimum atomic E-state index is 0.0879. The van der Waals surface area contributed by atoms with Crippen molar-refractivity contribution in [3.05, 3.63) is 29.8 Å². The molecule has 1 N–H and O–H groups in total. The topological polar surface area (TPSA) is 49.4 Å². The SMILES string of the molecule is CC(=O)N1CC(CCNC(=O)C2CCCC2)c2ccccc21. The van der Waals surface area contributed by atoms with Crippen LogP contribution < -0.4 is 10.2 Å². The van der Waals surface area contributed by atoms with Gasteiger partial charge in [0.15, 0.2) is 0 Å². The van der Waals surface area contributed by atoms with Crippen LogP contribution in [0.1, 0.15) is 50.5 Å². The summed E-state index contributed by atoms with van der Waals surface area (Å²) in [6.07, 6.45) is 5.33. The largest absolute Gasteiger partial charge is 0.356 e. The van der Waals surface area contributed by atoms with Gasteiger partial charge in [0.2, 0.25) is 11.8 Å². The molecular weight excluding hydrogens is 276 g/mol. The summed E-state index contributed by atoms with van der Waals surface area (Å²) in [4.78, 5) is 25.7. The Hall–Kier alpha value is -1.84. The first-order valence-electron chi connectivity index (χ1n) is 8.31. The summed E-state index contributed by atoms with van der Waals surface area (Å²) in [7, 11) is 0. The molecule has 1 aromatic rings. The van der Waals surface area contributed by atoms with Crippen molar-refractivity contribution >= 4 is 17.5 Å². The van der Waals surface area contributed by atoms with Gasteiger partial charge in [0, 0.05) is 37.5 Å². The number of hydrogen-bond donors (Lipinski definition) is 1. The molecule has 1 unspecified atom stereocenters. The van der Waals surface area contributed by atoms with E-state index in [1.54, 1.807) is 6.92 Å². The van der Waals surface area contributed by atoms with Gasteiger partial charge in [0.05, 0.1) is 0 Å². The van der Waals surface area contributed by atoms with Gasteiger partial charge < -0.3 is 10.2 Å². The van der Waals surface area contributed by atoms with Crippen molar-refractivity contribution in [3.63, 3.8) is 0 Å². The average Bonchev–Trinajstić information content (AvgIpc) is 3.15. The molecule has 0 spiro atoms. The Bertz CT molecular complexity index is 564. The predicted molar refractivity (Wildman–Crippen MR) is 86.8 cm³/mol. The third-order valence-corrected chi connectivity index (χ3v) is 4.97. The van der Waals surface area contributed by atoms with Crippen molar-refractivity contribution < 1.29 is 9.59 Å². The molecule has 1 fully saturated rings. The number of benzene rings is 1. The van der Waals surface area contributed by atoms with Crippen LogP contribution in [0.2, 0.25) is 0 Å². The molecule has 0 aromatic heterocycles. The first-order chi connectivity index (χ1) is 10.7. The lowest BCUT2D eigenvalue weighted by molar-refractivity contribution is -0.124. The van der Waals surface area contributed by atoms with Crippen molar-refractivity contribution in [2.24, 2.45) is 5.92 Å². The Morgan fingerprint density at radius 1 is 1.23 bits per heavy atom. The van der Waals surface area contributed by atoms with Crippen LogP contribution in [0.3, 0.4) is 0 Å². The summed E-state index contributed by atoms with van der Waals surface area (Å²) in [5, 5.41) is 3.08. The number of hydrogen-bond acceptors (Lipinski definition) is 2. The number of anilines is 1. The number of carbonyl (C=O) groups excluding carboxylic acids is 2. The molecule has 118 valence electrons. The second-order valence-electron chi connectivity index (χ2n) is 6.45. The molecule has 1 aliphatic carbocycles. The second kappa shape index (κ2) is 6.51. The third kappa shape index (κ3) is 3.01. The third-order valence-electron chi connectivity index (χ3n) is 4.97. The molecule has 3 rings (SSSR count). The van der Waals surface area contributed by atoms with Crippen LogP contribution in [0, 0.1) is 5.92 Å². The maximum absolute atomic E-state index is 12.1. The van der Waals surface area contributed by atoms with Gasteiger partial charge >= 0.3 is 0 Å². The highest BCUT2D eigenvalue weighted by atomic mass is 16.2. The molecule has 4 heteroatoms. The van der Waals surface area contributed by atoms with Crippen LogP contribution in [0.15, 0.2) is 24.3 Å². The molecule has 1 aromatic carbocycles. The molecule has 0 bridgehead atoms. The normalized spacial score (nSPS) is 21.0. The summed E-state index contributed by atoms with van der Waals surface area (Å²) < 4.78 is 0. The summed E-state index contributed by atoms with van der Waals surface area (Å²) in [6.45, 7) is 3.04. The molecule has 2 amide bonds. The van der Waals surface area contributed by atoms with Crippen LogP contribution in [0.25, 0.3) is 0 Å². The number of rotatable bonds is 4. The van der Waals surface area contributed by atoms with E-state index in [-0.39, 0.29) is 17.7 Å². The number of nitrogens with one attached hydrogen (secondary N) is 1. The van der Waals surface area contributed by atoms with Gasteiger partial charge in [-0.3, -0.25) is 9.59 Å². The van der Waals surface area contributed by atoms with Crippen LogP contribution in [-0.2, 0) is 9.59 Å². The second-order valence-corrected chi connectivity index (χ2v) is 6.45. The highest BCUT2D eigenvalue weighted by Crippen LogP contribution is 2.37. The molecule has 4 nitrogen and oxygen atoms in total. The van der Waals surface area contributed by atoms with Crippen molar-refractivity contribution in [2.75, 3.05) is 18.0 Å². The quantitative estimate of drug-likeness (QED) is 0.929. The average molecular weight is 300 g/mol. The molecule has 2 aliphatic rings. The van der Waals surface area contributed by atoms with E-state index in [1.165, 1.54) is 18.4 Å². The van der Waals surface area contributed by atoms with Crippen molar-refractivity contribution in [1.29, 1.82) is 0 Å². The standard InChI is InChI=1S/C18H24N2O2/c1-13(21)20-12-15(16-8-4-5-9-17(16)20)10-11-19-18(22)14-6-2-3-7-14/h4-5,8-9,14-15H,2-3,6-7,10-12H2,1H3,(H,19,22). The van der Waals surface area contributed by atoms with E-state index >= 15 is 0 Å². The highest BCUT2D eigenvalue weighted by Gasteiger charge is 2.30. The van der Waals surface area contributed by atoms with Gasteiger partial charge in [-0.05, 0) is 30.9 Å². The Morgan fingerprint density at radius 3 is 2.68 bits per heavy atom. The van der Waals surface area contributed by atoms with Gasteiger partial charge in [-0.25, -0.2) is 0 Å². The van der Waals surface area contributed by atoms with Gasteiger partial charge in [-0.15, -0.1) is 0 Å². The van der Waals surface area contributed by atoms with Crippen molar-refractivity contribution in [2.45, 2.75) is 44.9 Å². The zero-order chi connectivity index (χ0) is 15.5. The lowest BCUT2D eigenvalue weighted by Crippen LogP contribution is -2.32. The predicted octanol–water partition coefficient (Wildman–Crippen LogP) is 2.83. The minimum Gasteiger partial charge on any atom is -0.356 e. The molecule has 1 atom stereocenters. The number of amides is 2. The lowest BCUT2D eigenvalue weighted by Gasteiger charge is -2.16. The number of carbonyl (C=O) groups is 2. The smallest absolute Gasteiger partial charge is 0.223 e.